The topological polar surface area (TPSA) is 147 Å². The quantitative estimate of drug-likeness (QED) is 0.0944. The lowest BCUT2D eigenvalue weighted by Crippen LogP contribution is -2.21. The van der Waals surface area contributed by atoms with E-state index in [-0.39, 0.29) is 13.2 Å². The second kappa shape index (κ2) is 16.0. The summed E-state index contributed by atoms with van der Waals surface area (Å²) in [6, 6.07) is 27.0. The summed E-state index contributed by atoms with van der Waals surface area (Å²) in [5.41, 5.74) is 10.2. The summed E-state index contributed by atoms with van der Waals surface area (Å²) in [7, 11) is 2.93. The van der Waals surface area contributed by atoms with Gasteiger partial charge >= 0.3 is 11.9 Å². The fourth-order valence-corrected chi connectivity index (χ4v) is 5.94. The van der Waals surface area contributed by atoms with E-state index in [1.54, 1.807) is 13.8 Å². The van der Waals surface area contributed by atoms with Crippen molar-refractivity contribution in [3.8, 4) is 33.8 Å². The normalized spacial score (nSPS) is 13.0. The maximum atomic E-state index is 12.1. The molecule has 0 amide bonds. The maximum absolute atomic E-state index is 12.1. The van der Waals surface area contributed by atoms with Crippen molar-refractivity contribution in [2.24, 2.45) is 0 Å². The van der Waals surface area contributed by atoms with Crippen LogP contribution in [0.2, 0.25) is 0 Å². The van der Waals surface area contributed by atoms with Crippen LogP contribution in [0.3, 0.4) is 0 Å². The van der Waals surface area contributed by atoms with E-state index in [4.69, 9.17) is 38.4 Å². The first-order valence-corrected chi connectivity index (χ1v) is 17.3. The maximum Gasteiger partial charge on any atom is 0.346 e. The minimum absolute atomic E-state index is 0.240. The number of carbonyl (C=O) groups excluding carboxylic acids is 2. The van der Waals surface area contributed by atoms with Gasteiger partial charge in [0.15, 0.2) is 25.8 Å². The summed E-state index contributed by atoms with van der Waals surface area (Å²) >= 11 is 0. The molecular formula is C42H38N4O8. The van der Waals surface area contributed by atoms with Gasteiger partial charge in [0.25, 0.3) is 0 Å². The number of aromatic nitrogens is 4. The lowest BCUT2D eigenvalue weighted by molar-refractivity contribution is -0.173. The van der Waals surface area contributed by atoms with Crippen LogP contribution >= 0.6 is 0 Å². The van der Waals surface area contributed by atoms with Crippen LogP contribution < -0.4 is 9.47 Å². The minimum Gasteiger partial charge on any atom is -0.482 e. The van der Waals surface area contributed by atoms with Gasteiger partial charge < -0.3 is 38.4 Å². The van der Waals surface area contributed by atoms with Crippen molar-refractivity contribution in [3.05, 3.63) is 108 Å². The summed E-state index contributed by atoms with van der Waals surface area (Å²) in [6.07, 6.45) is 6.64. The van der Waals surface area contributed by atoms with Gasteiger partial charge in [-0.3, -0.25) is 0 Å². The number of ether oxygens (including phenoxy) is 6. The molecule has 2 N–H and O–H groups in total. The van der Waals surface area contributed by atoms with Crippen LogP contribution in [-0.4, -0.2) is 71.9 Å². The fourth-order valence-electron chi connectivity index (χ4n) is 5.94. The molecule has 5 heterocycles. The van der Waals surface area contributed by atoms with Gasteiger partial charge in [-0.15, -0.1) is 0 Å². The van der Waals surface area contributed by atoms with Crippen molar-refractivity contribution in [1.82, 2.24) is 19.9 Å². The number of rotatable bonds is 12. The number of methoxy groups -OCH3 is 2. The van der Waals surface area contributed by atoms with E-state index in [9.17, 15) is 9.59 Å². The minimum atomic E-state index is -0.653. The molecule has 0 aliphatic carbocycles. The molecule has 3 aromatic heterocycles. The van der Waals surface area contributed by atoms with Gasteiger partial charge in [-0.25, -0.2) is 19.6 Å². The third-order valence-corrected chi connectivity index (χ3v) is 8.66. The highest BCUT2D eigenvalue weighted by Crippen LogP contribution is 2.33. The van der Waals surface area contributed by atoms with E-state index in [1.807, 2.05) is 109 Å². The van der Waals surface area contributed by atoms with E-state index in [0.29, 0.717) is 11.5 Å². The van der Waals surface area contributed by atoms with Gasteiger partial charge in [0, 0.05) is 47.4 Å². The van der Waals surface area contributed by atoms with Crippen LogP contribution in [-0.2, 0) is 28.5 Å². The van der Waals surface area contributed by atoms with Crippen LogP contribution in [0.5, 0.6) is 11.5 Å². The first-order valence-electron chi connectivity index (χ1n) is 17.3. The van der Waals surface area contributed by atoms with Crippen molar-refractivity contribution in [1.29, 1.82) is 0 Å². The Bertz CT molecular complexity index is 2230. The molecule has 8 bridgehead atoms. The number of fused-ring (bicyclic) bond motifs is 8. The summed E-state index contributed by atoms with van der Waals surface area (Å²) in [4.78, 5) is 41.3. The molecular weight excluding hydrogens is 688 g/mol. The van der Waals surface area contributed by atoms with Gasteiger partial charge in [-0.2, -0.15) is 0 Å². The second-order valence-corrected chi connectivity index (χ2v) is 12.4. The van der Waals surface area contributed by atoms with Crippen LogP contribution in [0.1, 0.15) is 36.6 Å². The smallest absolute Gasteiger partial charge is 0.346 e. The van der Waals surface area contributed by atoms with Crippen LogP contribution in [0, 0.1) is 0 Å². The highest BCUT2D eigenvalue weighted by molar-refractivity contribution is 5.93. The van der Waals surface area contributed by atoms with Crippen molar-refractivity contribution >= 4 is 58.3 Å². The Hall–Kier alpha value is -6.50. The molecule has 12 nitrogen and oxygen atoms in total. The third kappa shape index (κ3) is 8.41. The highest BCUT2D eigenvalue weighted by atomic mass is 16.7. The fraction of sp³-hybridized carbons (Fsp3) is 0.190. The second-order valence-electron chi connectivity index (χ2n) is 12.4. The molecule has 2 unspecified atom stereocenters. The molecule has 0 saturated carbocycles. The molecule has 2 aliphatic rings. The highest BCUT2D eigenvalue weighted by Gasteiger charge is 2.15. The summed E-state index contributed by atoms with van der Waals surface area (Å²) in [5.74, 6) is 0.00129. The lowest BCUT2D eigenvalue weighted by Gasteiger charge is -2.12. The summed E-state index contributed by atoms with van der Waals surface area (Å²) < 4.78 is 31.5. The molecule has 2 aromatic carbocycles. The van der Waals surface area contributed by atoms with Gasteiger partial charge in [-0.1, -0.05) is 24.3 Å². The Morgan fingerprint density at radius 1 is 0.574 bits per heavy atom. The first-order chi connectivity index (χ1) is 26.2. The number of aromatic amines is 2. The number of benzene rings is 2. The monoisotopic (exact) mass is 726 g/mol. The summed E-state index contributed by atoms with van der Waals surface area (Å²) in [6.45, 7) is 2.79. The molecule has 0 spiro atoms. The van der Waals surface area contributed by atoms with Crippen LogP contribution in [0.4, 0.5) is 0 Å². The average molecular weight is 727 g/mol. The van der Waals surface area contributed by atoms with Crippen molar-refractivity contribution < 1.29 is 38.0 Å². The van der Waals surface area contributed by atoms with E-state index in [1.165, 1.54) is 14.2 Å². The predicted octanol–water partition coefficient (Wildman–Crippen LogP) is 7.82. The van der Waals surface area contributed by atoms with E-state index < -0.39 is 24.5 Å². The Morgan fingerprint density at radius 2 is 0.981 bits per heavy atom. The van der Waals surface area contributed by atoms with Gasteiger partial charge in [0.2, 0.25) is 0 Å². The van der Waals surface area contributed by atoms with Crippen molar-refractivity contribution in [3.63, 3.8) is 0 Å². The number of nitrogens with one attached hydrogen (secondary N) is 2. The van der Waals surface area contributed by atoms with Crippen molar-refractivity contribution in [2.45, 2.75) is 26.4 Å². The molecule has 0 saturated heterocycles. The van der Waals surface area contributed by atoms with Gasteiger partial charge in [0.05, 0.1) is 22.8 Å². The van der Waals surface area contributed by atoms with E-state index in [0.717, 1.165) is 67.1 Å². The molecule has 2 atom stereocenters. The number of H-pyrrole nitrogens is 2. The Labute approximate surface area is 311 Å². The van der Waals surface area contributed by atoms with Crippen molar-refractivity contribution in [2.75, 3.05) is 27.4 Å². The Morgan fingerprint density at radius 3 is 1.37 bits per heavy atom. The molecule has 2 aliphatic heterocycles. The zero-order chi connectivity index (χ0) is 37.6. The molecule has 7 rings (SSSR count). The zero-order valence-electron chi connectivity index (χ0n) is 30.1. The number of carbonyl (C=O) groups is 2. The largest absolute Gasteiger partial charge is 0.482 e. The average Bonchev–Trinajstić information content (AvgIpc) is 4.01. The molecule has 0 radical (unpaired) electrons. The molecule has 0 fully saturated rings. The Kier molecular flexibility index (Phi) is 10.7. The van der Waals surface area contributed by atoms with E-state index in [2.05, 4.69) is 9.97 Å². The number of esters is 2. The number of nitrogens with zero attached hydrogens (tertiary/aromatic N) is 2. The molecule has 12 heteroatoms. The SMILES string of the molecule is COC(C)OC(=O)COc1ccc(-c2c3nc(cc4ccc([nH]4)c(-c4ccc(OCC(=O)OC(C)OC)cc4)c4nc(cc5ccc2[nH]5)C=C4)C=C3)cc1. The standard InChI is InChI=1S/C42H38N4O8/c1-25(49-3)53-39(47)23-51-33-13-5-27(6-14-33)41-35-17-9-29(43-35)21-31-11-19-37(45-31)42(38-20-12-32(46-38)22-30-10-18-36(41)44-30)28-7-15-34(16-8-28)52-24-40(48)54-26(2)50-4/h5-22,25-26,43,46H,23-24H2,1-4H3. The first kappa shape index (κ1) is 35.9. The number of hydrogen-bond acceptors (Lipinski definition) is 10. The Balaban J connectivity index is 1.24. The number of hydrogen-bond donors (Lipinski definition) is 2. The third-order valence-electron chi connectivity index (χ3n) is 8.66. The van der Waals surface area contributed by atoms with E-state index >= 15 is 0 Å². The van der Waals surface area contributed by atoms with Crippen LogP contribution in [0.15, 0.2) is 84.9 Å². The van der Waals surface area contributed by atoms with Crippen LogP contribution in [0.25, 0.3) is 68.6 Å². The lowest BCUT2D eigenvalue weighted by atomic mass is 10.0. The summed E-state index contributed by atoms with van der Waals surface area (Å²) in [5, 5.41) is 0. The zero-order valence-corrected chi connectivity index (χ0v) is 30.1. The van der Waals surface area contributed by atoms with Gasteiger partial charge in [0.1, 0.15) is 11.5 Å². The molecule has 5 aromatic rings. The molecule has 54 heavy (non-hydrogen) atoms. The van der Waals surface area contributed by atoms with Gasteiger partial charge in [-0.05, 0) is 110 Å². The molecule has 274 valence electrons. The predicted molar refractivity (Wildman–Crippen MR) is 206 cm³/mol.